The zero-order chi connectivity index (χ0) is 33.6. The number of nitrogens with zero attached hydrogens (tertiary/aromatic N) is 7. The number of carbonyl (C=O) groups is 2. The molecule has 0 atom stereocenters. The molecule has 48 heavy (non-hydrogen) atoms. The van der Waals surface area contributed by atoms with Crippen molar-refractivity contribution < 1.29 is 22.8 Å². The van der Waals surface area contributed by atoms with Crippen LogP contribution in [0.15, 0.2) is 49.3 Å². The minimum Gasteiger partial charge on any atom is -0.371 e. The van der Waals surface area contributed by atoms with Crippen LogP contribution in [0.4, 0.5) is 24.5 Å². The Morgan fingerprint density at radius 1 is 1.06 bits per heavy atom. The number of hydrogen-bond acceptors (Lipinski definition) is 6. The first-order chi connectivity index (χ1) is 22.9. The molecule has 1 aliphatic carbocycles. The first kappa shape index (κ1) is 31.1. The maximum Gasteiger partial charge on any atom is 0.416 e. The second-order valence-electron chi connectivity index (χ2n) is 14.9. The molecule has 0 bridgehead atoms. The number of anilines is 2. The van der Waals surface area contributed by atoms with E-state index in [0.717, 1.165) is 62.4 Å². The number of alkyl halides is 3. The number of likely N-dealkylation sites (tertiary alicyclic amines) is 2. The summed E-state index contributed by atoms with van der Waals surface area (Å²) in [5.41, 5.74) is 2.07. The molecule has 5 heterocycles. The third kappa shape index (κ3) is 4.93. The minimum absolute atomic E-state index is 0.0305. The van der Waals surface area contributed by atoms with Gasteiger partial charge in [-0.05, 0) is 91.2 Å². The third-order valence-electron chi connectivity index (χ3n) is 11.4. The fraction of sp³-hybridized carbons (Fsp3) is 0.500. The van der Waals surface area contributed by atoms with Gasteiger partial charge in [0.2, 0.25) is 5.91 Å². The Morgan fingerprint density at radius 2 is 1.81 bits per heavy atom. The lowest BCUT2D eigenvalue weighted by Gasteiger charge is -2.47. The summed E-state index contributed by atoms with van der Waals surface area (Å²) in [6.07, 6.45) is 2.10. The highest BCUT2D eigenvalue weighted by Crippen LogP contribution is 2.53. The van der Waals surface area contributed by atoms with Crippen molar-refractivity contribution in [3.05, 3.63) is 83.0 Å². The zero-order valence-corrected chi connectivity index (χ0v) is 27.4. The maximum absolute atomic E-state index is 14.7. The van der Waals surface area contributed by atoms with E-state index < -0.39 is 17.6 Å². The van der Waals surface area contributed by atoms with Crippen LogP contribution in [0.25, 0.3) is 0 Å². The molecule has 12 heteroatoms. The van der Waals surface area contributed by atoms with Crippen molar-refractivity contribution in [3.8, 4) is 0 Å². The predicted molar refractivity (Wildman–Crippen MR) is 175 cm³/mol. The van der Waals surface area contributed by atoms with Crippen LogP contribution in [0.3, 0.4) is 0 Å². The van der Waals surface area contributed by atoms with E-state index in [0.29, 0.717) is 43.3 Å². The highest BCUT2D eigenvalue weighted by atomic mass is 19.4. The SMILES string of the molecule is C=CC(=O)N1CC2(CCN(Cc3cc4c(c(C(F)(F)F)c3)CN(c3cc(N5CCC5)cc(C5(c6nncn6C)CC(C)C5)c3)C4=O)C2)C1. The summed E-state index contributed by atoms with van der Waals surface area (Å²) in [6.45, 7) is 10.4. The van der Waals surface area contributed by atoms with Crippen molar-refractivity contribution in [2.75, 3.05) is 49.1 Å². The second-order valence-corrected chi connectivity index (χ2v) is 14.9. The van der Waals surface area contributed by atoms with Crippen LogP contribution in [0.1, 0.15) is 71.0 Å². The number of halogens is 3. The molecule has 3 aromatic rings. The number of amides is 2. The molecule has 1 saturated carbocycles. The molecule has 1 spiro atoms. The largest absolute Gasteiger partial charge is 0.416 e. The Bertz CT molecular complexity index is 1820. The standard InChI is InChI=1S/C36H40F3N7O2/c1-4-31(47)45-20-34(21-45)6-9-43(19-34)17-24-10-28-29(30(11-24)36(37,38)39)18-46(32(28)48)27-13-25(12-26(14-27)44-7-5-8-44)35(15-23(2)16-35)33-41-40-22-42(33)3/h4,10-14,22-23H,1,5-9,15-21H2,2-3H3. The van der Waals surface area contributed by atoms with Crippen molar-refractivity contribution in [2.45, 2.75) is 57.3 Å². The van der Waals surface area contributed by atoms with E-state index in [9.17, 15) is 22.8 Å². The number of rotatable bonds is 7. The van der Waals surface area contributed by atoms with Gasteiger partial charge in [0.25, 0.3) is 5.91 Å². The Kier molecular flexibility index (Phi) is 7.07. The summed E-state index contributed by atoms with van der Waals surface area (Å²) >= 11 is 0. The fourth-order valence-corrected chi connectivity index (χ4v) is 8.93. The number of carbonyl (C=O) groups excluding carboxylic acids is 2. The van der Waals surface area contributed by atoms with Gasteiger partial charge in [-0.15, -0.1) is 10.2 Å². The highest BCUT2D eigenvalue weighted by molar-refractivity contribution is 6.10. The molecule has 2 amide bonds. The first-order valence-corrected chi connectivity index (χ1v) is 16.8. The smallest absolute Gasteiger partial charge is 0.371 e. The molecule has 4 fully saturated rings. The average molecular weight is 660 g/mol. The Balaban J connectivity index is 1.11. The van der Waals surface area contributed by atoms with E-state index in [-0.39, 0.29) is 34.4 Å². The van der Waals surface area contributed by atoms with Gasteiger partial charge in [0, 0.05) is 68.7 Å². The van der Waals surface area contributed by atoms with Crippen molar-refractivity contribution in [2.24, 2.45) is 18.4 Å². The van der Waals surface area contributed by atoms with E-state index >= 15 is 0 Å². The van der Waals surface area contributed by atoms with Crippen LogP contribution >= 0.6 is 0 Å². The molecule has 3 saturated heterocycles. The van der Waals surface area contributed by atoms with Crippen molar-refractivity contribution in [3.63, 3.8) is 0 Å². The van der Waals surface area contributed by atoms with Gasteiger partial charge in [-0.3, -0.25) is 14.5 Å². The molecule has 1 aromatic heterocycles. The molecule has 8 rings (SSSR count). The van der Waals surface area contributed by atoms with Gasteiger partial charge in [0.15, 0.2) is 0 Å². The third-order valence-corrected chi connectivity index (χ3v) is 11.4. The topological polar surface area (TPSA) is 77.8 Å². The van der Waals surface area contributed by atoms with Gasteiger partial charge < -0.3 is 19.3 Å². The summed E-state index contributed by atoms with van der Waals surface area (Å²) in [5.74, 6) is 0.836. The molecule has 5 aliphatic rings. The number of benzene rings is 2. The van der Waals surface area contributed by atoms with Crippen LogP contribution in [0.2, 0.25) is 0 Å². The lowest BCUT2D eigenvalue weighted by Crippen LogP contribution is -2.59. The lowest BCUT2D eigenvalue weighted by atomic mass is 9.58. The van der Waals surface area contributed by atoms with Gasteiger partial charge in [-0.2, -0.15) is 13.2 Å². The second kappa shape index (κ2) is 10.9. The summed E-state index contributed by atoms with van der Waals surface area (Å²) in [7, 11) is 1.93. The summed E-state index contributed by atoms with van der Waals surface area (Å²) in [4.78, 5) is 33.8. The van der Waals surface area contributed by atoms with E-state index in [2.05, 4.69) is 39.6 Å². The fourth-order valence-electron chi connectivity index (χ4n) is 8.93. The number of fused-ring (bicyclic) bond motifs is 1. The van der Waals surface area contributed by atoms with Gasteiger partial charge in [-0.1, -0.05) is 13.5 Å². The predicted octanol–water partition coefficient (Wildman–Crippen LogP) is 5.14. The number of hydrogen-bond donors (Lipinski definition) is 0. The van der Waals surface area contributed by atoms with E-state index in [1.165, 1.54) is 17.0 Å². The first-order valence-electron chi connectivity index (χ1n) is 16.8. The summed E-state index contributed by atoms with van der Waals surface area (Å²) in [5, 5.41) is 8.66. The number of aromatic nitrogens is 3. The molecule has 9 nitrogen and oxygen atoms in total. The molecular weight excluding hydrogens is 619 g/mol. The van der Waals surface area contributed by atoms with Crippen molar-refractivity contribution in [1.82, 2.24) is 24.6 Å². The maximum atomic E-state index is 14.7. The average Bonchev–Trinajstić information content (AvgIpc) is 3.70. The molecular formula is C36H40F3N7O2. The van der Waals surface area contributed by atoms with Crippen molar-refractivity contribution >= 4 is 23.2 Å². The Morgan fingerprint density at radius 3 is 2.44 bits per heavy atom. The highest BCUT2D eigenvalue weighted by Gasteiger charge is 2.50. The molecule has 0 unspecified atom stereocenters. The van der Waals surface area contributed by atoms with Crippen LogP contribution in [-0.4, -0.2) is 75.6 Å². The Labute approximate surface area is 278 Å². The van der Waals surface area contributed by atoms with Gasteiger partial charge in [0.1, 0.15) is 12.2 Å². The summed E-state index contributed by atoms with van der Waals surface area (Å²) in [6, 6.07) is 9.02. The zero-order valence-electron chi connectivity index (χ0n) is 27.4. The molecule has 0 radical (unpaired) electrons. The Hall–Kier alpha value is -4.19. The van der Waals surface area contributed by atoms with E-state index in [1.807, 2.05) is 23.7 Å². The quantitative estimate of drug-likeness (QED) is 0.327. The van der Waals surface area contributed by atoms with Crippen LogP contribution in [0, 0.1) is 11.3 Å². The number of aryl methyl sites for hydroxylation is 1. The monoisotopic (exact) mass is 659 g/mol. The van der Waals surface area contributed by atoms with Crippen molar-refractivity contribution in [1.29, 1.82) is 0 Å². The lowest BCUT2D eigenvalue weighted by molar-refractivity contribution is -0.138. The van der Waals surface area contributed by atoms with Gasteiger partial charge in [-0.25, -0.2) is 0 Å². The van der Waals surface area contributed by atoms with E-state index in [1.54, 1.807) is 17.3 Å². The van der Waals surface area contributed by atoms with Gasteiger partial charge in [0.05, 0.1) is 17.5 Å². The van der Waals surface area contributed by atoms with E-state index in [4.69, 9.17) is 0 Å². The van der Waals surface area contributed by atoms with Crippen LogP contribution in [-0.2, 0) is 36.5 Å². The summed E-state index contributed by atoms with van der Waals surface area (Å²) < 4.78 is 45.9. The molecule has 252 valence electrons. The molecule has 2 aromatic carbocycles. The molecule has 0 N–H and O–H groups in total. The normalized spacial score (nSPS) is 24.8. The minimum atomic E-state index is -4.61. The van der Waals surface area contributed by atoms with Crippen LogP contribution in [0.5, 0.6) is 0 Å². The van der Waals surface area contributed by atoms with Gasteiger partial charge >= 0.3 is 6.18 Å². The molecule has 4 aliphatic heterocycles. The van der Waals surface area contributed by atoms with Crippen LogP contribution < -0.4 is 9.80 Å².